The molecule has 196 valence electrons. The first kappa shape index (κ1) is 26.7. The van der Waals surface area contributed by atoms with Crippen LogP contribution in [0.25, 0.3) is 0 Å². The normalized spacial score (nSPS) is 19.9. The number of piperidine rings is 1. The Kier molecular flexibility index (Phi) is 8.82. The molecule has 2 aliphatic rings. The van der Waals surface area contributed by atoms with Crippen molar-refractivity contribution in [1.29, 1.82) is 5.26 Å². The maximum Gasteiger partial charge on any atom is 0.409 e. The van der Waals surface area contributed by atoms with E-state index in [1.807, 2.05) is 35.2 Å². The fourth-order valence-electron chi connectivity index (χ4n) is 5.10. The smallest absolute Gasteiger partial charge is 0.409 e. The van der Waals surface area contributed by atoms with Crippen LogP contribution in [0.2, 0.25) is 5.02 Å². The number of carbonyl (C=O) groups excluding carboxylic acids is 2. The molecular weight excluding hydrogens is 497 g/mol. The van der Waals surface area contributed by atoms with E-state index in [4.69, 9.17) is 21.6 Å². The zero-order valence-corrected chi connectivity index (χ0v) is 21.6. The fraction of sp³-hybridized carbons (Fsp3) is 0.481. The number of rotatable bonds is 7. The molecule has 1 aromatic carbocycles. The highest BCUT2D eigenvalue weighted by atomic mass is 35.5. The summed E-state index contributed by atoms with van der Waals surface area (Å²) in [5.41, 5.74) is 1.51. The Morgan fingerprint density at radius 1 is 1.19 bits per heavy atom. The van der Waals surface area contributed by atoms with E-state index in [0.29, 0.717) is 49.6 Å². The molecule has 2 saturated heterocycles. The number of halogens is 2. The molecule has 4 rings (SSSR count). The topological polar surface area (TPSA) is 89.8 Å². The third-order valence-corrected chi connectivity index (χ3v) is 7.48. The van der Waals surface area contributed by atoms with E-state index in [-0.39, 0.29) is 36.8 Å². The van der Waals surface area contributed by atoms with Crippen LogP contribution in [0.1, 0.15) is 36.3 Å². The second kappa shape index (κ2) is 12.2. The Balaban J connectivity index is 1.42. The summed E-state index contributed by atoms with van der Waals surface area (Å²) in [6.45, 7) is 1.77. The standard InChI is InChI=1S/C27H31ClFN5O3/c1-32(27(36)37-14-2-11-29)24-18-34(17-23(24)20-4-6-22(28)7-5-20)26(35)21-9-12-33(13-10-21)25-8-3-19(15-30)16-31-25/h3-8,16,21,23-24H,2,9-14,17-18H2,1H3/t23-,24+/m0/s1. The summed E-state index contributed by atoms with van der Waals surface area (Å²) in [5, 5.41) is 9.60. The van der Waals surface area contributed by atoms with Crippen LogP contribution < -0.4 is 4.90 Å². The van der Waals surface area contributed by atoms with Crippen molar-refractivity contribution in [1.82, 2.24) is 14.8 Å². The Labute approximate surface area is 221 Å². The number of alkyl halides is 1. The van der Waals surface area contributed by atoms with Crippen molar-refractivity contribution >= 4 is 29.4 Å². The van der Waals surface area contributed by atoms with Gasteiger partial charge in [-0.25, -0.2) is 9.78 Å². The lowest BCUT2D eigenvalue weighted by Crippen LogP contribution is -2.44. The lowest BCUT2D eigenvalue weighted by atomic mass is 9.93. The minimum atomic E-state index is -0.545. The zero-order valence-electron chi connectivity index (χ0n) is 20.9. The number of amides is 2. The summed E-state index contributed by atoms with van der Waals surface area (Å²) >= 11 is 6.09. The van der Waals surface area contributed by atoms with Gasteiger partial charge in [0, 0.05) is 62.7 Å². The Morgan fingerprint density at radius 2 is 1.92 bits per heavy atom. The number of likely N-dealkylation sites (tertiary alicyclic amines) is 1. The van der Waals surface area contributed by atoms with Gasteiger partial charge >= 0.3 is 6.09 Å². The van der Waals surface area contributed by atoms with Gasteiger partial charge in [-0.05, 0) is 42.7 Å². The van der Waals surface area contributed by atoms with E-state index in [0.717, 1.165) is 11.4 Å². The number of nitrogens with zero attached hydrogens (tertiary/aromatic N) is 5. The molecule has 0 aliphatic carbocycles. The van der Waals surface area contributed by atoms with Gasteiger partial charge in [0.15, 0.2) is 0 Å². The Hall–Kier alpha value is -3.38. The van der Waals surface area contributed by atoms with Gasteiger partial charge in [0.05, 0.1) is 24.9 Å². The molecule has 0 unspecified atom stereocenters. The second-order valence-electron chi connectivity index (χ2n) is 9.51. The van der Waals surface area contributed by atoms with Crippen molar-refractivity contribution in [3.05, 3.63) is 58.7 Å². The van der Waals surface area contributed by atoms with Crippen LogP contribution in [0.3, 0.4) is 0 Å². The summed E-state index contributed by atoms with van der Waals surface area (Å²) in [6, 6.07) is 12.9. The molecule has 0 radical (unpaired) electrons. The van der Waals surface area contributed by atoms with Crippen LogP contribution in [0, 0.1) is 17.2 Å². The van der Waals surface area contributed by atoms with Crippen molar-refractivity contribution in [3.8, 4) is 6.07 Å². The third-order valence-electron chi connectivity index (χ3n) is 7.23. The first-order chi connectivity index (χ1) is 17.9. The molecule has 2 atom stereocenters. The van der Waals surface area contributed by atoms with Gasteiger partial charge < -0.3 is 19.4 Å². The molecule has 3 heterocycles. The predicted octanol–water partition coefficient (Wildman–Crippen LogP) is 4.25. The van der Waals surface area contributed by atoms with Gasteiger partial charge in [-0.3, -0.25) is 9.18 Å². The number of hydrogen-bond donors (Lipinski definition) is 0. The van der Waals surface area contributed by atoms with Crippen LogP contribution in [0.5, 0.6) is 0 Å². The highest BCUT2D eigenvalue weighted by Gasteiger charge is 2.42. The number of aromatic nitrogens is 1. The lowest BCUT2D eigenvalue weighted by Gasteiger charge is -2.34. The van der Waals surface area contributed by atoms with Gasteiger partial charge in [0.1, 0.15) is 11.9 Å². The van der Waals surface area contributed by atoms with Crippen molar-refractivity contribution < 1.29 is 18.7 Å². The first-order valence-electron chi connectivity index (χ1n) is 12.5. The zero-order chi connectivity index (χ0) is 26.4. The Bertz CT molecular complexity index is 1120. The summed E-state index contributed by atoms with van der Waals surface area (Å²) < 4.78 is 17.7. The fourth-order valence-corrected chi connectivity index (χ4v) is 5.23. The van der Waals surface area contributed by atoms with Crippen LogP contribution in [-0.4, -0.2) is 79.3 Å². The van der Waals surface area contributed by atoms with E-state index in [1.54, 1.807) is 19.3 Å². The van der Waals surface area contributed by atoms with Crippen molar-refractivity contribution in [2.24, 2.45) is 5.92 Å². The number of hydrogen-bond acceptors (Lipinski definition) is 6. The first-order valence-corrected chi connectivity index (χ1v) is 12.9. The average molecular weight is 528 g/mol. The summed E-state index contributed by atoms with van der Waals surface area (Å²) in [4.78, 5) is 36.1. The molecule has 37 heavy (non-hydrogen) atoms. The molecule has 1 aromatic heterocycles. The molecule has 2 fully saturated rings. The maximum atomic E-state index is 13.6. The van der Waals surface area contributed by atoms with Crippen molar-refractivity contribution in [2.75, 3.05) is 51.4 Å². The van der Waals surface area contributed by atoms with Crippen molar-refractivity contribution in [2.45, 2.75) is 31.2 Å². The van der Waals surface area contributed by atoms with Gasteiger partial charge in [0.25, 0.3) is 0 Å². The molecular formula is C27H31ClFN5O3. The number of anilines is 1. The number of likely N-dealkylation sites (N-methyl/N-ethyl adjacent to an activating group) is 1. The molecule has 0 saturated carbocycles. The number of nitriles is 1. The predicted molar refractivity (Wildman–Crippen MR) is 138 cm³/mol. The van der Waals surface area contributed by atoms with Gasteiger partial charge in [0.2, 0.25) is 5.91 Å². The van der Waals surface area contributed by atoms with Crippen LogP contribution in [0.15, 0.2) is 42.6 Å². The van der Waals surface area contributed by atoms with E-state index < -0.39 is 12.8 Å². The van der Waals surface area contributed by atoms with E-state index in [9.17, 15) is 14.0 Å². The van der Waals surface area contributed by atoms with E-state index in [2.05, 4.69) is 16.0 Å². The molecule has 2 aliphatic heterocycles. The van der Waals surface area contributed by atoms with Gasteiger partial charge in [-0.2, -0.15) is 5.26 Å². The summed E-state index contributed by atoms with van der Waals surface area (Å²) in [5.74, 6) is 0.693. The highest BCUT2D eigenvalue weighted by molar-refractivity contribution is 6.30. The molecule has 8 nitrogen and oxygen atoms in total. The molecule has 2 amide bonds. The summed E-state index contributed by atoms with van der Waals surface area (Å²) in [7, 11) is 1.67. The van der Waals surface area contributed by atoms with Crippen LogP contribution in [0.4, 0.5) is 15.0 Å². The monoisotopic (exact) mass is 527 g/mol. The average Bonchev–Trinajstić information content (AvgIpc) is 3.38. The van der Waals surface area contributed by atoms with E-state index >= 15 is 0 Å². The van der Waals surface area contributed by atoms with Gasteiger partial charge in [-0.1, -0.05) is 23.7 Å². The molecule has 0 bridgehead atoms. The van der Waals surface area contributed by atoms with Crippen molar-refractivity contribution in [3.63, 3.8) is 0 Å². The van der Waals surface area contributed by atoms with Crippen LogP contribution >= 0.6 is 11.6 Å². The molecule has 10 heteroatoms. The Morgan fingerprint density at radius 3 is 2.54 bits per heavy atom. The molecule has 2 aromatic rings. The van der Waals surface area contributed by atoms with Gasteiger partial charge in [-0.15, -0.1) is 0 Å². The molecule has 0 spiro atoms. The quantitative estimate of drug-likeness (QED) is 0.500. The summed E-state index contributed by atoms with van der Waals surface area (Å²) in [6.07, 6.45) is 2.61. The minimum absolute atomic E-state index is 0.0212. The number of pyridine rings is 1. The van der Waals surface area contributed by atoms with E-state index in [1.165, 1.54) is 4.90 Å². The molecule has 0 N–H and O–H groups in total. The number of carbonyl (C=O) groups is 2. The minimum Gasteiger partial charge on any atom is -0.449 e. The number of ether oxygens (including phenoxy) is 1. The maximum absolute atomic E-state index is 13.6. The number of benzene rings is 1. The highest BCUT2D eigenvalue weighted by Crippen LogP contribution is 2.34. The SMILES string of the molecule is CN(C(=O)OCCCF)[C@@H]1CN(C(=O)C2CCN(c3ccc(C#N)cn3)CC2)C[C@H]1c1ccc(Cl)cc1. The largest absolute Gasteiger partial charge is 0.449 e. The second-order valence-corrected chi connectivity index (χ2v) is 9.95. The lowest BCUT2D eigenvalue weighted by molar-refractivity contribution is -0.135. The third kappa shape index (κ3) is 6.31. The van der Waals surface area contributed by atoms with Crippen LogP contribution in [-0.2, 0) is 9.53 Å².